The molecule has 0 atom stereocenters. The van der Waals surface area contributed by atoms with Crippen molar-refractivity contribution in [3.63, 3.8) is 0 Å². The van der Waals surface area contributed by atoms with Crippen LogP contribution in [0.4, 0.5) is 0 Å². The lowest BCUT2D eigenvalue weighted by Gasteiger charge is -2.16. The highest BCUT2D eigenvalue weighted by Crippen LogP contribution is 2.53. The summed E-state index contributed by atoms with van der Waals surface area (Å²) in [7, 11) is 0. The molecule has 2 aliphatic carbocycles. The number of fused-ring (bicyclic) bond motifs is 10. The maximum absolute atomic E-state index is 2.39. The smallest absolute Gasteiger partial charge is 0.000423 e. The van der Waals surface area contributed by atoms with Crippen LogP contribution in [0.15, 0.2) is 60.7 Å². The zero-order valence-corrected chi connectivity index (χ0v) is 16.8. The van der Waals surface area contributed by atoms with Gasteiger partial charge in [0.2, 0.25) is 0 Å². The Morgan fingerprint density at radius 3 is 2.21 bits per heavy atom. The summed E-state index contributed by atoms with van der Waals surface area (Å²) in [4.78, 5) is 0. The van der Waals surface area contributed by atoms with Crippen LogP contribution < -0.4 is 0 Å². The van der Waals surface area contributed by atoms with Crippen LogP contribution in [-0.4, -0.2) is 0 Å². The summed E-state index contributed by atoms with van der Waals surface area (Å²) >= 11 is 0. The Hall–Kier alpha value is -2.86. The van der Waals surface area contributed by atoms with Gasteiger partial charge in [0.25, 0.3) is 0 Å². The molecular formula is C28H24. The average Bonchev–Trinajstić information content (AvgIpc) is 3.26. The summed E-state index contributed by atoms with van der Waals surface area (Å²) in [6.45, 7) is 6.95. The largest absolute Gasteiger partial charge is 0.0619 e. The van der Waals surface area contributed by atoms with Crippen molar-refractivity contribution in [1.82, 2.24) is 0 Å². The normalized spacial score (nSPS) is 13.6. The van der Waals surface area contributed by atoms with Crippen LogP contribution in [0.3, 0.4) is 0 Å². The summed E-state index contributed by atoms with van der Waals surface area (Å²) in [6.07, 6.45) is 2.13. The van der Waals surface area contributed by atoms with E-state index in [9.17, 15) is 0 Å². The Balaban J connectivity index is 1.76. The molecule has 0 bridgehead atoms. The maximum Gasteiger partial charge on any atom is -0.000423 e. The monoisotopic (exact) mass is 360 g/mol. The van der Waals surface area contributed by atoms with E-state index in [1.54, 1.807) is 22.3 Å². The van der Waals surface area contributed by atoms with E-state index < -0.39 is 0 Å². The van der Waals surface area contributed by atoms with Crippen LogP contribution in [-0.2, 0) is 12.8 Å². The number of benzene rings is 4. The van der Waals surface area contributed by atoms with Crippen molar-refractivity contribution in [1.29, 1.82) is 0 Å². The second-order valence-electron chi connectivity index (χ2n) is 8.74. The van der Waals surface area contributed by atoms with Crippen molar-refractivity contribution in [2.45, 2.75) is 39.5 Å². The Labute approximate surface area is 166 Å². The van der Waals surface area contributed by atoms with E-state index in [4.69, 9.17) is 0 Å². The molecule has 0 fully saturated rings. The molecule has 2 aliphatic rings. The number of rotatable bonds is 1. The minimum Gasteiger partial charge on any atom is -0.0619 e. The highest BCUT2D eigenvalue weighted by molar-refractivity contribution is 6.09. The second-order valence-corrected chi connectivity index (χ2v) is 8.74. The molecule has 0 radical (unpaired) electrons. The first-order valence-corrected chi connectivity index (χ1v) is 10.4. The molecule has 0 spiro atoms. The van der Waals surface area contributed by atoms with E-state index in [1.807, 2.05) is 0 Å². The molecular weight excluding hydrogens is 336 g/mol. The van der Waals surface area contributed by atoms with Crippen LogP contribution in [0.25, 0.3) is 33.0 Å². The summed E-state index contributed by atoms with van der Waals surface area (Å²) < 4.78 is 0. The summed E-state index contributed by atoms with van der Waals surface area (Å²) in [5, 5.41) is 2.87. The van der Waals surface area contributed by atoms with Gasteiger partial charge in [0.05, 0.1) is 0 Å². The second kappa shape index (κ2) is 5.58. The highest BCUT2D eigenvalue weighted by Gasteiger charge is 2.32. The average molecular weight is 361 g/mol. The Bertz CT molecular complexity index is 1290. The van der Waals surface area contributed by atoms with Crippen LogP contribution in [0.5, 0.6) is 0 Å². The SMILES string of the molecule is Cc1ccc2c(c1C(C)C)Cc1c-2c2c(c3ccccc13)-c1ccccc1C2. The van der Waals surface area contributed by atoms with Crippen molar-refractivity contribution in [2.75, 3.05) is 0 Å². The number of aryl methyl sites for hydroxylation is 1. The van der Waals surface area contributed by atoms with Gasteiger partial charge in [-0.25, -0.2) is 0 Å². The van der Waals surface area contributed by atoms with Gasteiger partial charge in [-0.2, -0.15) is 0 Å². The molecule has 0 unspecified atom stereocenters. The van der Waals surface area contributed by atoms with Gasteiger partial charge in [-0.1, -0.05) is 74.5 Å². The third-order valence-electron chi connectivity index (χ3n) is 6.86. The first kappa shape index (κ1) is 16.1. The molecule has 0 heteroatoms. The lowest BCUT2D eigenvalue weighted by atomic mass is 9.88. The van der Waals surface area contributed by atoms with Gasteiger partial charge in [0.15, 0.2) is 0 Å². The third-order valence-corrected chi connectivity index (χ3v) is 6.86. The molecule has 0 aliphatic heterocycles. The Morgan fingerprint density at radius 2 is 1.39 bits per heavy atom. The van der Waals surface area contributed by atoms with Crippen molar-refractivity contribution in [2.24, 2.45) is 0 Å². The molecule has 6 rings (SSSR count). The summed E-state index contributed by atoms with van der Waals surface area (Å²) in [5.74, 6) is 0.556. The quantitative estimate of drug-likeness (QED) is 0.286. The zero-order chi connectivity index (χ0) is 19.0. The molecule has 4 aromatic rings. The zero-order valence-electron chi connectivity index (χ0n) is 16.8. The van der Waals surface area contributed by atoms with Gasteiger partial charge in [0.1, 0.15) is 0 Å². The predicted octanol–water partition coefficient (Wildman–Crippen LogP) is 7.41. The minimum atomic E-state index is 0.556. The van der Waals surface area contributed by atoms with Gasteiger partial charge in [-0.15, -0.1) is 0 Å². The molecule has 0 saturated carbocycles. The fourth-order valence-corrected chi connectivity index (χ4v) is 5.86. The van der Waals surface area contributed by atoms with E-state index in [2.05, 4.69) is 81.4 Å². The van der Waals surface area contributed by atoms with Crippen LogP contribution in [0, 0.1) is 6.92 Å². The molecule has 0 saturated heterocycles. The Morgan fingerprint density at radius 1 is 0.643 bits per heavy atom. The topological polar surface area (TPSA) is 0 Å². The minimum absolute atomic E-state index is 0.556. The van der Waals surface area contributed by atoms with E-state index in [-0.39, 0.29) is 0 Å². The number of hydrogen-bond donors (Lipinski definition) is 0. The standard InChI is InChI=1S/C28H24/c1-16(2)26-17(3)12-13-22-24(26)15-23-20-10-6-7-11-21(20)27-19-9-5-4-8-18(19)14-25(27)28(22)23/h4-13,16H,14-15H2,1-3H3. The van der Waals surface area contributed by atoms with Crippen molar-refractivity contribution >= 4 is 10.8 Å². The molecule has 136 valence electrons. The summed E-state index contributed by atoms with van der Waals surface area (Å²) in [5.41, 5.74) is 15.1. The molecule has 0 amide bonds. The molecule has 0 N–H and O–H groups in total. The van der Waals surface area contributed by atoms with E-state index in [1.165, 1.54) is 44.2 Å². The Kier molecular flexibility index (Phi) is 3.21. The lowest BCUT2D eigenvalue weighted by molar-refractivity contribution is 0.842. The first-order chi connectivity index (χ1) is 13.6. The molecule has 0 heterocycles. The fraction of sp³-hybridized carbons (Fsp3) is 0.214. The predicted molar refractivity (Wildman–Crippen MR) is 119 cm³/mol. The lowest BCUT2D eigenvalue weighted by Crippen LogP contribution is -1.98. The third kappa shape index (κ3) is 1.96. The van der Waals surface area contributed by atoms with Crippen LogP contribution in [0.2, 0.25) is 0 Å². The van der Waals surface area contributed by atoms with Gasteiger partial charge in [0, 0.05) is 0 Å². The van der Waals surface area contributed by atoms with E-state index in [0.29, 0.717) is 5.92 Å². The van der Waals surface area contributed by atoms with E-state index in [0.717, 1.165) is 12.8 Å². The molecule has 0 nitrogen and oxygen atoms in total. The molecule has 28 heavy (non-hydrogen) atoms. The fourth-order valence-electron chi connectivity index (χ4n) is 5.86. The van der Waals surface area contributed by atoms with Crippen molar-refractivity contribution in [3.05, 3.63) is 94.0 Å². The molecule has 0 aromatic heterocycles. The first-order valence-electron chi connectivity index (χ1n) is 10.4. The van der Waals surface area contributed by atoms with Crippen LogP contribution >= 0.6 is 0 Å². The summed E-state index contributed by atoms with van der Waals surface area (Å²) in [6, 6.07) is 22.8. The van der Waals surface area contributed by atoms with Crippen molar-refractivity contribution in [3.8, 4) is 22.3 Å². The van der Waals surface area contributed by atoms with Crippen LogP contribution in [0.1, 0.15) is 53.1 Å². The van der Waals surface area contributed by atoms with Gasteiger partial charge >= 0.3 is 0 Å². The highest BCUT2D eigenvalue weighted by atomic mass is 14.4. The van der Waals surface area contributed by atoms with E-state index >= 15 is 0 Å². The number of hydrogen-bond acceptors (Lipinski definition) is 0. The van der Waals surface area contributed by atoms with Gasteiger partial charge < -0.3 is 0 Å². The molecule has 4 aromatic carbocycles. The van der Waals surface area contributed by atoms with Gasteiger partial charge in [-0.05, 0) is 92.1 Å². The van der Waals surface area contributed by atoms with Crippen molar-refractivity contribution < 1.29 is 0 Å². The van der Waals surface area contributed by atoms with Gasteiger partial charge in [-0.3, -0.25) is 0 Å². The maximum atomic E-state index is 2.39.